The van der Waals surface area contributed by atoms with Crippen LogP contribution in [0.4, 0.5) is 13.2 Å². The van der Waals surface area contributed by atoms with Crippen molar-refractivity contribution in [1.29, 1.82) is 0 Å². The first-order valence-corrected chi connectivity index (χ1v) is 9.23. The van der Waals surface area contributed by atoms with Crippen LogP contribution in [0.25, 0.3) is 11.4 Å². The predicted molar refractivity (Wildman–Crippen MR) is 92.9 cm³/mol. The summed E-state index contributed by atoms with van der Waals surface area (Å²) in [5.74, 6) is -0.524. The van der Waals surface area contributed by atoms with Gasteiger partial charge in [0.25, 0.3) is 0 Å². The number of pyridine rings is 1. The summed E-state index contributed by atoms with van der Waals surface area (Å²) in [6.07, 6.45) is 2.12. The van der Waals surface area contributed by atoms with E-state index in [2.05, 4.69) is 10.1 Å². The molecule has 2 fully saturated rings. The van der Waals surface area contributed by atoms with E-state index >= 15 is 0 Å². The van der Waals surface area contributed by atoms with Gasteiger partial charge in [0.15, 0.2) is 10.6 Å². The summed E-state index contributed by atoms with van der Waals surface area (Å²) < 4.78 is 43.4. The van der Waals surface area contributed by atoms with E-state index < -0.39 is 12.1 Å². The maximum atomic E-state index is 13.1. The lowest BCUT2D eigenvalue weighted by Gasteiger charge is -2.33. The Morgan fingerprint density at radius 3 is 2.69 bits per heavy atom. The molecule has 0 N–H and O–H groups in total. The van der Waals surface area contributed by atoms with Crippen molar-refractivity contribution in [1.82, 2.24) is 24.2 Å². The summed E-state index contributed by atoms with van der Waals surface area (Å²) in [7, 11) is 0. The van der Waals surface area contributed by atoms with Gasteiger partial charge in [-0.25, -0.2) is 4.68 Å². The summed E-state index contributed by atoms with van der Waals surface area (Å²) in [5.41, 5.74) is 0.871. The van der Waals surface area contributed by atoms with Crippen molar-refractivity contribution in [3.05, 3.63) is 29.3 Å². The first-order chi connectivity index (χ1) is 12.4. The van der Waals surface area contributed by atoms with Gasteiger partial charge >= 0.3 is 6.18 Å². The molecule has 0 bridgehead atoms. The van der Waals surface area contributed by atoms with Crippen molar-refractivity contribution < 1.29 is 13.2 Å². The first-order valence-electron chi connectivity index (χ1n) is 8.82. The number of halogens is 3. The molecule has 1 unspecified atom stereocenters. The van der Waals surface area contributed by atoms with E-state index in [0.717, 1.165) is 24.2 Å². The molecule has 0 radical (unpaired) electrons. The van der Waals surface area contributed by atoms with E-state index in [4.69, 9.17) is 12.2 Å². The van der Waals surface area contributed by atoms with E-state index in [1.807, 2.05) is 16.7 Å². The zero-order valence-corrected chi connectivity index (χ0v) is 15.0. The molecule has 0 aromatic carbocycles. The van der Waals surface area contributed by atoms with Gasteiger partial charge in [0.2, 0.25) is 0 Å². The van der Waals surface area contributed by atoms with E-state index in [1.54, 1.807) is 22.0 Å². The van der Waals surface area contributed by atoms with Gasteiger partial charge in [-0.05, 0) is 56.6 Å². The monoisotopic (exact) mass is 383 g/mol. The Hall–Kier alpha value is -1.74. The number of rotatable bonds is 4. The second kappa shape index (κ2) is 6.77. The smallest absolute Gasteiger partial charge is 0.297 e. The minimum Gasteiger partial charge on any atom is -0.297 e. The molecule has 1 aliphatic heterocycles. The van der Waals surface area contributed by atoms with Crippen LogP contribution >= 0.6 is 12.2 Å². The quantitative estimate of drug-likeness (QED) is 0.747. The summed E-state index contributed by atoms with van der Waals surface area (Å²) in [6, 6.07) is 4.09. The Morgan fingerprint density at radius 2 is 2.04 bits per heavy atom. The molecule has 3 heterocycles. The fourth-order valence-electron chi connectivity index (χ4n) is 3.51. The van der Waals surface area contributed by atoms with Gasteiger partial charge in [-0.3, -0.25) is 14.5 Å². The Bertz CT molecular complexity index is 825. The summed E-state index contributed by atoms with van der Waals surface area (Å²) >= 11 is 5.59. The van der Waals surface area contributed by atoms with Crippen LogP contribution in [-0.2, 0) is 6.67 Å². The zero-order valence-electron chi connectivity index (χ0n) is 14.2. The number of likely N-dealkylation sites (tertiary alicyclic amines) is 1. The minimum absolute atomic E-state index is 0.00376. The van der Waals surface area contributed by atoms with Crippen molar-refractivity contribution >= 4 is 12.2 Å². The average molecular weight is 383 g/mol. The second-order valence-electron chi connectivity index (χ2n) is 7.05. The van der Waals surface area contributed by atoms with Gasteiger partial charge in [-0.15, -0.1) is 0 Å². The van der Waals surface area contributed by atoms with Crippen molar-refractivity contribution in [3.63, 3.8) is 0 Å². The van der Waals surface area contributed by atoms with Gasteiger partial charge in [0.1, 0.15) is 0 Å². The maximum Gasteiger partial charge on any atom is 0.393 e. The third kappa shape index (κ3) is 3.55. The third-order valence-electron chi connectivity index (χ3n) is 5.00. The van der Waals surface area contributed by atoms with Crippen molar-refractivity contribution in [3.8, 4) is 11.4 Å². The molecule has 26 heavy (non-hydrogen) atoms. The number of alkyl halides is 3. The summed E-state index contributed by atoms with van der Waals surface area (Å²) in [5, 5.41) is 4.64. The number of nitrogens with zero attached hydrogens (tertiary/aromatic N) is 5. The highest BCUT2D eigenvalue weighted by molar-refractivity contribution is 7.71. The van der Waals surface area contributed by atoms with Crippen molar-refractivity contribution in [2.45, 2.75) is 44.6 Å². The van der Waals surface area contributed by atoms with E-state index in [-0.39, 0.29) is 13.0 Å². The van der Waals surface area contributed by atoms with Crippen molar-refractivity contribution in [2.75, 3.05) is 13.1 Å². The molecule has 5 nitrogen and oxygen atoms in total. The number of hydrogen-bond donors (Lipinski definition) is 0. The minimum atomic E-state index is -4.14. The molecule has 2 aromatic rings. The normalized spacial score (nSPS) is 21.9. The van der Waals surface area contributed by atoms with Crippen LogP contribution in [0.1, 0.15) is 31.7 Å². The van der Waals surface area contributed by atoms with E-state index in [9.17, 15) is 13.2 Å². The molecule has 1 saturated carbocycles. The van der Waals surface area contributed by atoms with Crippen LogP contribution in [-0.4, -0.2) is 43.5 Å². The van der Waals surface area contributed by atoms with Gasteiger partial charge in [-0.1, -0.05) is 0 Å². The molecule has 0 amide bonds. The molecule has 2 aliphatic rings. The molecule has 4 rings (SSSR count). The molecule has 0 spiro atoms. The van der Waals surface area contributed by atoms with Crippen LogP contribution in [0.15, 0.2) is 24.5 Å². The van der Waals surface area contributed by atoms with Crippen LogP contribution in [0.5, 0.6) is 0 Å². The second-order valence-corrected chi connectivity index (χ2v) is 7.41. The largest absolute Gasteiger partial charge is 0.393 e. The van der Waals surface area contributed by atoms with Crippen LogP contribution < -0.4 is 0 Å². The average Bonchev–Trinajstić information content (AvgIpc) is 3.40. The Labute approximate surface area is 154 Å². The molecule has 1 aliphatic carbocycles. The van der Waals surface area contributed by atoms with Crippen molar-refractivity contribution in [2.24, 2.45) is 5.92 Å². The van der Waals surface area contributed by atoms with E-state index in [0.29, 0.717) is 30.4 Å². The highest BCUT2D eigenvalue weighted by Crippen LogP contribution is 2.38. The molecule has 1 atom stereocenters. The molecule has 140 valence electrons. The highest BCUT2D eigenvalue weighted by Gasteiger charge is 2.42. The zero-order chi connectivity index (χ0) is 18.3. The number of aromatic nitrogens is 4. The Balaban J connectivity index is 1.60. The topological polar surface area (TPSA) is 38.9 Å². The lowest BCUT2D eigenvalue weighted by atomic mass is 9.98. The standard InChI is InChI=1S/C17H20F3N5S/c18-17(19,20)13-4-2-8-23(10-13)11-24-16(26)25(14-5-6-14)15(22-24)12-3-1-7-21-9-12/h1,3,7,9,13-14H,2,4-6,8,10-11H2. The van der Waals surface area contributed by atoms with Crippen LogP contribution in [0.3, 0.4) is 0 Å². The van der Waals surface area contributed by atoms with Crippen LogP contribution in [0.2, 0.25) is 0 Å². The van der Waals surface area contributed by atoms with Crippen LogP contribution in [0, 0.1) is 10.7 Å². The summed E-state index contributed by atoms with van der Waals surface area (Å²) in [4.78, 5) is 5.94. The SMILES string of the molecule is FC(F)(F)C1CCCN(Cn2nc(-c3cccnc3)n(C3CC3)c2=S)C1. The lowest BCUT2D eigenvalue weighted by Crippen LogP contribution is -2.42. The van der Waals surface area contributed by atoms with Gasteiger partial charge < -0.3 is 0 Å². The predicted octanol–water partition coefficient (Wildman–Crippen LogP) is 4.04. The molecular formula is C17H20F3N5S. The Morgan fingerprint density at radius 1 is 1.23 bits per heavy atom. The number of hydrogen-bond acceptors (Lipinski definition) is 4. The fraction of sp³-hybridized carbons (Fsp3) is 0.588. The fourth-order valence-corrected chi connectivity index (χ4v) is 3.84. The summed E-state index contributed by atoms with van der Waals surface area (Å²) in [6.45, 7) is 0.926. The highest BCUT2D eigenvalue weighted by atomic mass is 32.1. The van der Waals surface area contributed by atoms with Gasteiger partial charge in [0.05, 0.1) is 12.6 Å². The van der Waals surface area contributed by atoms with Gasteiger partial charge in [0, 0.05) is 30.5 Å². The lowest BCUT2D eigenvalue weighted by molar-refractivity contribution is -0.188. The Kier molecular flexibility index (Phi) is 4.60. The first kappa shape index (κ1) is 17.7. The molecule has 9 heteroatoms. The van der Waals surface area contributed by atoms with E-state index in [1.165, 1.54) is 0 Å². The third-order valence-corrected chi connectivity index (χ3v) is 5.41. The molecule has 1 saturated heterocycles. The number of piperidine rings is 1. The maximum absolute atomic E-state index is 13.1. The van der Waals surface area contributed by atoms with Gasteiger partial charge in [-0.2, -0.15) is 18.3 Å². The molecular weight excluding hydrogens is 363 g/mol. The molecule has 2 aromatic heterocycles.